The van der Waals surface area contributed by atoms with Crippen LogP contribution >= 0.6 is 0 Å². The van der Waals surface area contributed by atoms with E-state index in [0.29, 0.717) is 0 Å². The Labute approximate surface area is 113 Å². The van der Waals surface area contributed by atoms with E-state index in [0.717, 1.165) is 12.1 Å². The highest BCUT2D eigenvalue weighted by Gasteiger charge is 2.30. The zero-order chi connectivity index (χ0) is 15.2. The fraction of sp³-hybridized carbons (Fsp3) is 0.167. The van der Waals surface area contributed by atoms with Crippen molar-refractivity contribution in [2.24, 2.45) is 5.16 Å². The molecule has 0 fully saturated rings. The van der Waals surface area contributed by atoms with Gasteiger partial charge in [-0.05, 0) is 31.2 Å². The van der Waals surface area contributed by atoms with Gasteiger partial charge in [-0.3, -0.25) is 5.32 Å². The van der Waals surface area contributed by atoms with Crippen LogP contribution < -0.4 is 10.6 Å². The molecule has 8 heteroatoms. The van der Waals surface area contributed by atoms with E-state index < -0.39 is 17.8 Å². The van der Waals surface area contributed by atoms with Crippen molar-refractivity contribution >= 4 is 18.4 Å². The first-order valence-electron chi connectivity index (χ1n) is 5.41. The molecule has 0 spiro atoms. The summed E-state index contributed by atoms with van der Waals surface area (Å²) in [4.78, 5) is 16.1. The molecule has 0 radical (unpaired) electrons. The van der Waals surface area contributed by atoms with Crippen LogP contribution in [0.15, 0.2) is 41.4 Å². The third-order valence-corrected chi connectivity index (χ3v) is 2.11. The maximum Gasteiger partial charge on any atom is 0.416 e. The molecule has 2 amide bonds. The first-order chi connectivity index (χ1) is 9.36. The molecule has 0 aliphatic rings. The number of hydrogen-bond donors (Lipinski definition) is 2. The number of nitrogens with one attached hydrogen (secondary N) is 2. The zero-order valence-electron chi connectivity index (χ0n) is 10.5. The van der Waals surface area contributed by atoms with Gasteiger partial charge in [0, 0.05) is 12.4 Å². The molecule has 1 aromatic rings. The highest BCUT2D eigenvalue weighted by Crippen LogP contribution is 2.30. The molecule has 0 aliphatic carbocycles. The summed E-state index contributed by atoms with van der Waals surface area (Å²) in [6.07, 6.45) is -3.07. The average Bonchev–Trinajstić information content (AvgIpc) is 2.37. The van der Waals surface area contributed by atoms with Crippen LogP contribution in [-0.2, 0) is 11.0 Å². The number of urea groups is 1. The van der Waals surface area contributed by atoms with Gasteiger partial charge in [0.1, 0.15) is 0 Å². The van der Waals surface area contributed by atoms with Crippen LogP contribution in [0.4, 0.5) is 23.7 Å². The third-order valence-electron chi connectivity index (χ3n) is 2.11. The molecule has 0 atom stereocenters. The Balaban J connectivity index is 2.74. The summed E-state index contributed by atoms with van der Waals surface area (Å²) < 4.78 is 37.5. The van der Waals surface area contributed by atoms with Crippen molar-refractivity contribution in [2.45, 2.75) is 13.1 Å². The fourth-order valence-corrected chi connectivity index (χ4v) is 1.26. The smallest absolute Gasteiger partial charge is 0.339 e. The lowest BCUT2D eigenvalue weighted by atomic mass is 10.2. The molecule has 5 nitrogen and oxygen atoms in total. The van der Waals surface area contributed by atoms with Gasteiger partial charge >= 0.3 is 12.2 Å². The van der Waals surface area contributed by atoms with E-state index in [1.165, 1.54) is 18.2 Å². The summed E-state index contributed by atoms with van der Waals surface area (Å²) in [5.74, 6) is 0.00414. The van der Waals surface area contributed by atoms with Crippen molar-refractivity contribution in [1.29, 1.82) is 0 Å². The summed E-state index contributed by atoms with van der Waals surface area (Å²) in [7, 11) is 0. The lowest BCUT2D eigenvalue weighted by Gasteiger charge is -2.11. The van der Waals surface area contributed by atoms with Crippen LogP contribution in [0.1, 0.15) is 12.5 Å². The first-order valence-corrected chi connectivity index (χ1v) is 5.41. The van der Waals surface area contributed by atoms with Gasteiger partial charge in [0.15, 0.2) is 0 Å². The van der Waals surface area contributed by atoms with Crippen LogP contribution in [0, 0.1) is 0 Å². The number of nitrogens with zero attached hydrogens (tertiary/aromatic N) is 1. The quantitative estimate of drug-likeness (QED) is 0.507. The number of allylic oxidation sites excluding steroid dienone is 1. The standard InChI is InChI=1S/C12H12F3N3O2/c1-3-10(20-16-2)18-11(19)17-9-6-4-5-8(7-9)12(13,14)15/h3-7H,2H2,1H3,(H2,17,18,19)/b10-3-. The number of hydrogen-bond acceptors (Lipinski definition) is 3. The van der Waals surface area contributed by atoms with Crippen molar-refractivity contribution < 1.29 is 22.8 Å². The van der Waals surface area contributed by atoms with Crippen LogP contribution in [0.3, 0.4) is 0 Å². The number of anilines is 1. The van der Waals surface area contributed by atoms with Crippen molar-refractivity contribution in [1.82, 2.24) is 5.32 Å². The Morgan fingerprint density at radius 3 is 2.70 bits per heavy atom. The number of carbonyl (C=O) groups is 1. The molecule has 0 saturated carbocycles. The molecule has 2 N–H and O–H groups in total. The fourth-order valence-electron chi connectivity index (χ4n) is 1.26. The molecule has 1 rings (SSSR count). The van der Waals surface area contributed by atoms with Gasteiger partial charge in [0.2, 0.25) is 5.88 Å². The SMILES string of the molecule is C=NO/C(=C\C)NC(=O)Nc1cccc(C(F)(F)F)c1. The molecule has 0 unspecified atom stereocenters. The Morgan fingerprint density at radius 1 is 1.45 bits per heavy atom. The van der Waals surface area contributed by atoms with Crippen LogP contribution in [0.5, 0.6) is 0 Å². The second-order valence-corrected chi connectivity index (χ2v) is 3.53. The molecule has 0 bridgehead atoms. The number of halogens is 3. The topological polar surface area (TPSA) is 62.7 Å². The monoisotopic (exact) mass is 287 g/mol. The molecule has 0 saturated heterocycles. The predicted octanol–water partition coefficient (Wildman–Crippen LogP) is 3.32. The lowest BCUT2D eigenvalue weighted by molar-refractivity contribution is -0.137. The third kappa shape index (κ3) is 4.63. The van der Waals surface area contributed by atoms with Gasteiger partial charge in [-0.15, -0.1) is 0 Å². The van der Waals surface area contributed by atoms with Crippen molar-refractivity contribution in [2.75, 3.05) is 5.32 Å². The van der Waals surface area contributed by atoms with Gasteiger partial charge < -0.3 is 10.2 Å². The van der Waals surface area contributed by atoms with Crippen molar-refractivity contribution in [3.63, 3.8) is 0 Å². The number of oxime groups is 1. The Hall–Kier alpha value is -2.51. The summed E-state index contributed by atoms with van der Waals surface area (Å²) in [6, 6.07) is 3.49. The molecule has 0 heterocycles. The van der Waals surface area contributed by atoms with Crippen LogP contribution in [-0.4, -0.2) is 12.7 Å². The normalized spacial score (nSPS) is 11.7. The molecule has 108 valence electrons. The van der Waals surface area contributed by atoms with Gasteiger partial charge in [-0.2, -0.15) is 13.2 Å². The minimum Gasteiger partial charge on any atom is -0.339 e. The van der Waals surface area contributed by atoms with Crippen LogP contribution in [0.2, 0.25) is 0 Å². The molecule has 1 aromatic carbocycles. The van der Waals surface area contributed by atoms with E-state index in [1.54, 1.807) is 6.92 Å². The zero-order valence-corrected chi connectivity index (χ0v) is 10.5. The maximum atomic E-state index is 12.5. The number of carbonyl (C=O) groups excluding carboxylic acids is 1. The number of alkyl halides is 3. The molecule has 0 aliphatic heterocycles. The lowest BCUT2D eigenvalue weighted by Crippen LogP contribution is -2.28. The van der Waals surface area contributed by atoms with E-state index in [2.05, 4.69) is 27.3 Å². The minimum absolute atomic E-state index is 0.000611. The molecular formula is C12H12F3N3O2. The highest BCUT2D eigenvalue weighted by atomic mass is 19.4. The molecule has 0 aromatic heterocycles. The highest BCUT2D eigenvalue weighted by molar-refractivity contribution is 5.90. The Morgan fingerprint density at radius 2 is 2.15 bits per heavy atom. The number of rotatable bonds is 4. The first kappa shape index (κ1) is 15.5. The summed E-state index contributed by atoms with van der Waals surface area (Å²) in [5, 5.41) is 7.60. The molecule has 20 heavy (non-hydrogen) atoms. The van der Waals surface area contributed by atoms with Gasteiger partial charge in [0.05, 0.1) is 5.56 Å². The molecular weight excluding hydrogens is 275 g/mol. The summed E-state index contributed by atoms with van der Waals surface area (Å²) >= 11 is 0. The van der Waals surface area contributed by atoms with E-state index in [9.17, 15) is 18.0 Å². The second kappa shape index (κ2) is 6.60. The summed E-state index contributed by atoms with van der Waals surface area (Å²) in [5.41, 5.74) is -0.857. The van der Waals surface area contributed by atoms with Gasteiger partial charge in [-0.25, -0.2) is 4.79 Å². The van der Waals surface area contributed by atoms with E-state index >= 15 is 0 Å². The Kier molecular flexibility index (Phi) is 5.13. The van der Waals surface area contributed by atoms with Gasteiger partial charge in [-0.1, -0.05) is 11.2 Å². The van der Waals surface area contributed by atoms with E-state index in [1.807, 2.05) is 0 Å². The second-order valence-electron chi connectivity index (χ2n) is 3.53. The van der Waals surface area contributed by atoms with Gasteiger partial charge in [0.25, 0.3) is 0 Å². The van der Waals surface area contributed by atoms with E-state index in [4.69, 9.17) is 0 Å². The maximum absolute atomic E-state index is 12.5. The number of amides is 2. The van der Waals surface area contributed by atoms with E-state index in [-0.39, 0.29) is 11.6 Å². The summed E-state index contributed by atoms with van der Waals surface area (Å²) in [6.45, 7) is 4.64. The van der Waals surface area contributed by atoms with Crippen molar-refractivity contribution in [3.8, 4) is 0 Å². The largest absolute Gasteiger partial charge is 0.416 e. The number of benzene rings is 1. The Bertz CT molecular complexity index is 527. The van der Waals surface area contributed by atoms with Crippen LogP contribution in [0.25, 0.3) is 0 Å². The van der Waals surface area contributed by atoms with Crippen molar-refractivity contribution in [3.05, 3.63) is 41.8 Å². The predicted molar refractivity (Wildman–Crippen MR) is 68.0 cm³/mol. The minimum atomic E-state index is -4.47. The average molecular weight is 287 g/mol.